The van der Waals surface area contributed by atoms with Crippen LogP contribution in [0, 0.1) is 34.6 Å². The largest absolute Gasteiger partial charge is 0.318 e. The van der Waals surface area contributed by atoms with Gasteiger partial charge in [0.05, 0.1) is 11.4 Å². The van der Waals surface area contributed by atoms with Crippen molar-refractivity contribution in [3.63, 3.8) is 0 Å². The number of Topliss-reactive ketones (excluding diaryl/α,β-unsaturated/α-hetero) is 1. The number of hydrogen-bond donors (Lipinski definition) is 0. The van der Waals surface area contributed by atoms with Crippen LogP contribution >= 0.6 is 11.8 Å². The zero-order valence-electron chi connectivity index (χ0n) is 25.4. The van der Waals surface area contributed by atoms with Gasteiger partial charge in [-0.3, -0.25) is 14.5 Å². The van der Waals surface area contributed by atoms with Gasteiger partial charge in [-0.25, -0.2) is 4.99 Å². The van der Waals surface area contributed by atoms with Crippen molar-refractivity contribution in [2.24, 2.45) is 4.99 Å². The van der Waals surface area contributed by atoms with Crippen molar-refractivity contribution in [2.75, 3.05) is 10.7 Å². The SMILES string of the molecule is Cc1ccc(N2C(=O)/C(=C/c3ccc(C(C)C)cc3)N=C2SCC(=O)c2cc(C)n(-c3cc(C)cc(C)c3)c2C)cc1. The van der Waals surface area contributed by atoms with E-state index in [1.807, 2.05) is 69.3 Å². The fourth-order valence-corrected chi connectivity index (χ4v) is 6.28. The van der Waals surface area contributed by atoms with Gasteiger partial charge in [0.2, 0.25) is 0 Å². The minimum atomic E-state index is -0.199. The summed E-state index contributed by atoms with van der Waals surface area (Å²) in [6.07, 6.45) is 1.82. The van der Waals surface area contributed by atoms with Gasteiger partial charge < -0.3 is 4.57 Å². The monoisotopic (exact) mass is 575 g/mol. The molecule has 0 fully saturated rings. The summed E-state index contributed by atoms with van der Waals surface area (Å²) >= 11 is 1.30. The predicted octanol–water partition coefficient (Wildman–Crippen LogP) is 8.50. The Morgan fingerprint density at radius 3 is 2.10 bits per heavy atom. The van der Waals surface area contributed by atoms with Gasteiger partial charge >= 0.3 is 0 Å². The van der Waals surface area contributed by atoms with Crippen LogP contribution in [0.3, 0.4) is 0 Å². The lowest BCUT2D eigenvalue weighted by Crippen LogP contribution is -2.30. The Bertz CT molecular complexity index is 1700. The third-order valence-corrected chi connectivity index (χ3v) is 8.50. The van der Waals surface area contributed by atoms with Crippen LogP contribution in [0.5, 0.6) is 0 Å². The number of hydrogen-bond acceptors (Lipinski definition) is 4. The first-order valence-electron chi connectivity index (χ1n) is 14.3. The fraction of sp³-hybridized carbons (Fsp3) is 0.250. The van der Waals surface area contributed by atoms with E-state index in [9.17, 15) is 9.59 Å². The van der Waals surface area contributed by atoms with Gasteiger partial charge in [0.1, 0.15) is 5.70 Å². The van der Waals surface area contributed by atoms with Gasteiger partial charge in [-0.2, -0.15) is 0 Å². The molecule has 0 unspecified atom stereocenters. The molecule has 214 valence electrons. The number of nitrogens with zero attached hydrogens (tertiary/aromatic N) is 3. The number of aliphatic imine (C=N–C) groups is 1. The number of ketones is 1. The molecule has 3 aromatic carbocycles. The van der Waals surface area contributed by atoms with Crippen LogP contribution in [0.2, 0.25) is 0 Å². The molecule has 6 heteroatoms. The van der Waals surface area contributed by atoms with Gasteiger partial charge in [0, 0.05) is 22.6 Å². The Balaban J connectivity index is 1.43. The number of aryl methyl sites for hydroxylation is 4. The predicted molar refractivity (Wildman–Crippen MR) is 176 cm³/mol. The summed E-state index contributed by atoms with van der Waals surface area (Å²) in [5.74, 6) is 0.405. The van der Waals surface area contributed by atoms with Crippen LogP contribution in [-0.4, -0.2) is 27.2 Å². The average Bonchev–Trinajstić information content (AvgIpc) is 3.41. The quantitative estimate of drug-likeness (QED) is 0.164. The van der Waals surface area contributed by atoms with Crippen molar-refractivity contribution >= 4 is 40.4 Å². The minimum Gasteiger partial charge on any atom is -0.318 e. The summed E-state index contributed by atoms with van der Waals surface area (Å²) in [5, 5.41) is 0.505. The van der Waals surface area contributed by atoms with Crippen molar-refractivity contribution in [3.8, 4) is 5.69 Å². The van der Waals surface area contributed by atoms with Crippen molar-refractivity contribution in [2.45, 2.75) is 54.4 Å². The lowest BCUT2D eigenvalue weighted by molar-refractivity contribution is -0.113. The van der Waals surface area contributed by atoms with Crippen LogP contribution < -0.4 is 4.90 Å². The van der Waals surface area contributed by atoms with E-state index in [2.05, 4.69) is 62.6 Å². The number of rotatable bonds is 7. The standard InChI is InChI=1S/C36H37N3O2S/c1-22(2)29-12-10-28(11-13-29)20-33-35(41)39(30-14-8-23(3)9-15-30)36(37-33)42-21-34(40)32-19-26(6)38(27(32)7)31-17-24(4)16-25(5)18-31/h8-20,22H,21H2,1-7H3/b33-20-. The molecule has 1 aliphatic heterocycles. The maximum atomic E-state index is 13.7. The van der Waals surface area contributed by atoms with E-state index in [1.54, 1.807) is 4.90 Å². The third-order valence-electron chi connectivity index (χ3n) is 7.56. The molecule has 1 aliphatic rings. The molecule has 5 rings (SSSR count). The summed E-state index contributed by atoms with van der Waals surface area (Å²) < 4.78 is 2.14. The molecule has 0 saturated heterocycles. The van der Waals surface area contributed by atoms with E-state index in [-0.39, 0.29) is 17.4 Å². The maximum absolute atomic E-state index is 13.7. The van der Waals surface area contributed by atoms with Gasteiger partial charge in [-0.05, 0) is 99.2 Å². The Labute approximate surface area is 253 Å². The normalized spacial score (nSPS) is 14.3. The number of anilines is 1. The number of amides is 1. The number of thioether (sulfide) groups is 1. The average molecular weight is 576 g/mol. The first kappa shape index (κ1) is 29.3. The molecular formula is C36H37N3O2S. The minimum absolute atomic E-state index is 0.00411. The Kier molecular flexibility index (Phi) is 8.37. The van der Waals surface area contributed by atoms with Crippen LogP contribution in [-0.2, 0) is 4.79 Å². The third kappa shape index (κ3) is 6.04. The maximum Gasteiger partial charge on any atom is 0.283 e. The summed E-state index contributed by atoms with van der Waals surface area (Å²) in [4.78, 5) is 33.6. The molecule has 0 aliphatic carbocycles. The molecule has 0 bridgehead atoms. The summed E-state index contributed by atoms with van der Waals surface area (Å²) in [6.45, 7) is 14.5. The van der Waals surface area contributed by atoms with Crippen molar-refractivity contribution in [3.05, 3.63) is 123 Å². The molecule has 4 aromatic rings. The molecule has 1 amide bonds. The number of amidine groups is 1. The lowest BCUT2D eigenvalue weighted by atomic mass is 10.0. The van der Waals surface area contributed by atoms with E-state index in [0.717, 1.165) is 33.9 Å². The summed E-state index contributed by atoms with van der Waals surface area (Å²) in [5.41, 5.74) is 10.4. The summed E-state index contributed by atoms with van der Waals surface area (Å²) in [6, 6.07) is 24.4. The molecule has 5 nitrogen and oxygen atoms in total. The molecule has 0 saturated carbocycles. The molecule has 0 radical (unpaired) electrons. The Hall–Kier alpha value is -4.16. The van der Waals surface area contributed by atoms with Crippen molar-refractivity contribution in [1.29, 1.82) is 0 Å². The van der Waals surface area contributed by atoms with Crippen molar-refractivity contribution < 1.29 is 9.59 Å². The Morgan fingerprint density at radius 2 is 1.48 bits per heavy atom. The zero-order chi connectivity index (χ0) is 30.1. The number of aromatic nitrogens is 1. The molecule has 1 aromatic heterocycles. The first-order chi connectivity index (χ1) is 20.0. The first-order valence-corrected chi connectivity index (χ1v) is 15.3. The van der Waals surface area contributed by atoms with Gasteiger partial charge in [-0.15, -0.1) is 0 Å². The highest BCUT2D eigenvalue weighted by Crippen LogP contribution is 2.31. The highest BCUT2D eigenvalue weighted by atomic mass is 32.2. The van der Waals surface area contributed by atoms with Gasteiger partial charge in [0.15, 0.2) is 11.0 Å². The number of carbonyl (C=O) groups excluding carboxylic acids is 2. The highest BCUT2D eigenvalue weighted by molar-refractivity contribution is 8.14. The van der Waals surface area contributed by atoms with E-state index >= 15 is 0 Å². The fourth-order valence-electron chi connectivity index (χ4n) is 5.38. The second-order valence-electron chi connectivity index (χ2n) is 11.4. The molecular weight excluding hydrogens is 538 g/mol. The van der Waals surface area contributed by atoms with Crippen molar-refractivity contribution in [1.82, 2.24) is 4.57 Å². The van der Waals surface area contributed by atoms with Crippen LogP contribution in [0.15, 0.2) is 83.5 Å². The van der Waals surface area contributed by atoms with Crippen LogP contribution in [0.4, 0.5) is 5.69 Å². The molecule has 0 atom stereocenters. The van der Waals surface area contributed by atoms with Crippen LogP contribution in [0.25, 0.3) is 11.8 Å². The molecule has 42 heavy (non-hydrogen) atoms. The van der Waals surface area contributed by atoms with Gasteiger partial charge in [0.25, 0.3) is 5.91 Å². The van der Waals surface area contributed by atoms with E-state index < -0.39 is 0 Å². The molecule has 2 heterocycles. The highest BCUT2D eigenvalue weighted by Gasteiger charge is 2.32. The van der Waals surface area contributed by atoms with E-state index in [1.165, 1.54) is 28.5 Å². The van der Waals surface area contributed by atoms with E-state index in [0.29, 0.717) is 22.3 Å². The molecule has 0 N–H and O–H groups in total. The molecule has 0 spiro atoms. The van der Waals surface area contributed by atoms with Crippen LogP contribution in [0.1, 0.15) is 69.3 Å². The smallest absolute Gasteiger partial charge is 0.283 e. The number of carbonyl (C=O) groups is 2. The topological polar surface area (TPSA) is 54.7 Å². The van der Waals surface area contributed by atoms with Gasteiger partial charge in [-0.1, -0.05) is 73.6 Å². The Morgan fingerprint density at radius 1 is 0.833 bits per heavy atom. The lowest BCUT2D eigenvalue weighted by Gasteiger charge is -2.18. The zero-order valence-corrected chi connectivity index (χ0v) is 26.2. The summed E-state index contributed by atoms with van der Waals surface area (Å²) in [7, 11) is 0. The second kappa shape index (κ2) is 12.0. The van der Waals surface area contributed by atoms with E-state index in [4.69, 9.17) is 4.99 Å². The number of benzene rings is 3. The second-order valence-corrected chi connectivity index (χ2v) is 12.3.